The fourth-order valence-electron chi connectivity index (χ4n) is 1.27. The van der Waals surface area contributed by atoms with E-state index in [1.165, 1.54) is 11.1 Å². The van der Waals surface area contributed by atoms with E-state index in [0.29, 0.717) is 0 Å². The van der Waals surface area contributed by atoms with Gasteiger partial charge in [-0.2, -0.15) is 0 Å². The summed E-state index contributed by atoms with van der Waals surface area (Å²) in [6.45, 7) is 0. The molecule has 0 aliphatic heterocycles. The Labute approximate surface area is 82.8 Å². The maximum atomic E-state index is 5.80. The van der Waals surface area contributed by atoms with E-state index in [2.05, 4.69) is 12.1 Å². The minimum absolute atomic E-state index is 0.777. The molecule has 0 N–H and O–H groups in total. The van der Waals surface area contributed by atoms with Crippen LogP contribution in [0.1, 0.15) is 0 Å². The van der Waals surface area contributed by atoms with Crippen molar-refractivity contribution in [3.05, 3.63) is 59.6 Å². The second-order valence-corrected chi connectivity index (χ2v) is 3.31. The predicted octanol–water partition coefficient (Wildman–Crippen LogP) is 4.01. The van der Waals surface area contributed by atoms with Crippen molar-refractivity contribution in [3.8, 4) is 11.1 Å². The van der Waals surface area contributed by atoms with Crippen molar-refractivity contribution < 1.29 is 0 Å². The molecule has 0 aliphatic rings. The lowest BCUT2D eigenvalue weighted by atomic mass is 11.1. The molecule has 0 saturated heterocycles. The molecule has 0 unspecified atom stereocenters. The first kappa shape index (κ1) is 8.33. The van der Waals surface area contributed by atoms with E-state index in [1.54, 1.807) is 0 Å². The van der Waals surface area contributed by atoms with Gasteiger partial charge in [-0.3, -0.25) is 0 Å². The third kappa shape index (κ3) is 1.90. The van der Waals surface area contributed by atoms with E-state index in [9.17, 15) is 0 Å². The fraction of sp³-hybridized carbons (Fsp3) is 0. The van der Waals surface area contributed by atoms with E-state index in [1.807, 2.05) is 42.5 Å². The molecule has 0 fully saturated rings. The van der Waals surface area contributed by atoms with Crippen molar-refractivity contribution in [2.45, 2.75) is 0 Å². The molecular formula is C12H9Cl. The summed E-state index contributed by atoms with van der Waals surface area (Å²) in [4.78, 5) is 0. The summed E-state index contributed by atoms with van der Waals surface area (Å²) < 4.78 is 0. The first-order valence-corrected chi connectivity index (χ1v) is 4.55. The number of benzene rings is 2. The summed E-state index contributed by atoms with van der Waals surface area (Å²) in [5, 5.41) is 0.777. The van der Waals surface area contributed by atoms with Gasteiger partial charge in [0.25, 0.3) is 0 Å². The quantitative estimate of drug-likeness (QED) is 0.653. The minimum Gasteiger partial charge on any atom is -0.0843 e. The van der Waals surface area contributed by atoms with Gasteiger partial charge in [-0.05, 0) is 23.3 Å². The third-order valence-electron chi connectivity index (χ3n) is 1.95. The molecule has 2 rings (SSSR count). The Bertz CT molecular complexity index is 376. The van der Waals surface area contributed by atoms with Crippen LogP contribution in [0.2, 0.25) is 5.02 Å². The van der Waals surface area contributed by atoms with Crippen LogP contribution in [0.25, 0.3) is 11.1 Å². The molecule has 0 bridgehead atoms. The van der Waals surface area contributed by atoms with E-state index >= 15 is 0 Å². The minimum atomic E-state index is 0.777. The van der Waals surface area contributed by atoms with Crippen LogP contribution in [0.4, 0.5) is 0 Å². The molecule has 0 aliphatic carbocycles. The summed E-state index contributed by atoms with van der Waals surface area (Å²) in [6.07, 6.45) is 0. The lowest BCUT2D eigenvalue weighted by Crippen LogP contribution is -1.74. The van der Waals surface area contributed by atoms with Crippen LogP contribution >= 0.6 is 11.6 Å². The average molecular weight is 201 g/mol. The van der Waals surface area contributed by atoms with Crippen LogP contribution < -0.4 is 0 Å². The topological polar surface area (TPSA) is 0 Å². The largest absolute Gasteiger partial charge is 0.0843 e. The van der Waals surface area contributed by atoms with E-state index in [0.717, 1.165) is 5.02 Å². The van der Waals surface area contributed by atoms with Crippen molar-refractivity contribution in [2.24, 2.45) is 0 Å². The van der Waals surface area contributed by atoms with Crippen LogP contribution in [0.15, 0.2) is 54.6 Å². The highest BCUT2D eigenvalue weighted by Gasteiger charge is 1.94. The van der Waals surface area contributed by atoms with Gasteiger partial charge in [-0.25, -0.2) is 0 Å². The molecule has 0 nitrogen and oxygen atoms in total. The summed E-state index contributed by atoms with van der Waals surface area (Å²) in [7, 11) is 0. The highest BCUT2D eigenvalue weighted by molar-refractivity contribution is 6.30. The average Bonchev–Trinajstić information content (AvgIpc) is 2.20. The first-order valence-electron chi connectivity index (χ1n) is 4.17. The molecule has 0 spiro atoms. The molecule has 1 heteroatoms. The maximum Gasteiger partial charge on any atom is 0.0406 e. The zero-order valence-electron chi connectivity index (χ0n) is 7.07. The molecule has 0 heterocycles. The third-order valence-corrected chi connectivity index (χ3v) is 2.20. The molecule has 0 radical (unpaired) electrons. The molecule has 0 atom stereocenters. The monoisotopic (exact) mass is 200 g/mol. The highest BCUT2D eigenvalue weighted by atomic mass is 35.5. The lowest BCUT2D eigenvalue weighted by Gasteiger charge is -2.00. The van der Waals surface area contributed by atoms with E-state index < -0.39 is 0 Å². The van der Waals surface area contributed by atoms with Gasteiger partial charge in [0, 0.05) is 5.02 Å². The Kier molecular flexibility index (Phi) is 2.33. The number of halogens is 1. The highest BCUT2D eigenvalue weighted by Crippen LogP contribution is 2.20. The summed E-state index contributed by atoms with van der Waals surface area (Å²) in [5.41, 5.74) is 2.42. The second kappa shape index (κ2) is 3.63. The molecule has 2 aromatic carbocycles. The Morgan fingerprint density at radius 1 is 0.615 bits per heavy atom. The van der Waals surface area contributed by atoms with Gasteiger partial charge in [-0.15, -0.1) is 0 Å². The maximum absolute atomic E-state index is 5.80. The zero-order chi connectivity index (χ0) is 9.10. The first-order chi connectivity index (χ1) is 6.36. The van der Waals surface area contributed by atoms with E-state index in [4.69, 9.17) is 11.6 Å². The van der Waals surface area contributed by atoms with Gasteiger partial charge < -0.3 is 0 Å². The molecule has 0 saturated carbocycles. The van der Waals surface area contributed by atoms with Crippen molar-refractivity contribution >= 4 is 11.6 Å². The van der Waals surface area contributed by atoms with Crippen molar-refractivity contribution in [1.29, 1.82) is 0 Å². The van der Waals surface area contributed by atoms with Crippen LogP contribution in [0.5, 0.6) is 0 Å². The molecule has 13 heavy (non-hydrogen) atoms. The molecule has 2 aromatic rings. The zero-order valence-corrected chi connectivity index (χ0v) is 7.83. The number of rotatable bonds is 1. The van der Waals surface area contributed by atoms with Crippen LogP contribution in [0.3, 0.4) is 0 Å². The molecule has 0 aromatic heterocycles. The fourth-order valence-corrected chi connectivity index (χ4v) is 1.40. The van der Waals surface area contributed by atoms with Gasteiger partial charge >= 0.3 is 0 Å². The van der Waals surface area contributed by atoms with Gasteiger partial charge in [0.05, 0.1) is 0 Å². The number of hydrogen-bond donors (Lipinski definition) is 0. The normalized spacial score (nSPS) is 9.92. The van der Waals surface area contributed by atoms with Gasteiger partial charge in [0.1, 0.15) is 0 Å². The van der Waals surface area contributed by atoms with Gasteiger partial charge in [-0.1, -0.05) is 54.1 Å². The van der Waals surface area contributed by atoms with Crippen LogP contribution in [-0.4, -0.2) is 0 Å². The molecule has 0 amide bonds. The Morgan fingerprint density at radius 2 is 1.15 bits per heavy atom. The van der Waals surface area contributed by atoms with Gasteiger partial charge in [0.15, 0.2) is 0 Å². The van der Waals surface area contributed by atoms with Gasteiger partial charge in [0.2, 0.25) is 0 Å². The lowest BCUT2D eigenvalue weighted by molar-refractivity contribution is 1.62. The smallest absolute Gasteiger partial charge is 0.0406 e. The Morgan fingerprint density at radius 3 is 1.77 bits per heavy atom. The number of hydrogen-bond acceptors (Lipinski definition) is 0. The molecular weight excluding hydrogens is 191 g/mol. The standard InChI is InChI=1S/C12H9Cl/c13-12-8-6-11(7-9-12)10-4-2-1-3-5-10/h1-9H/i1+1,2+1,3+1,4+1,5+1,6+1,7+1,8+1,9+1,10+1,11+1,12+1. The SMILES string of the molecule is Cl[13c]1[13cH][13cH][13c](-[13c]2[13cH][13cH][13cH][13cH][13cH]2)[13cH][13cH]1. The summed E-state index contributed by atoms with van der Waals surface area (Å²) >= 11 is 5.80. The summed E-state index contributed by atoms with van der Waals surface area (Å²) in [6, 6.07) is 18.1. The van der Waals surface area contributed by atoms with Crippen LogP contribution in [0, 0.1) is 0 Å². The Hall–Kier alpha value is -1.27. The van der Waals surface area contributed by atoms with E-state index in [-0.39, 0.29) is 0 Å². The van der Waals surface area contributed by atoms with Crippen molar-refractivity contribution in [2.75, 3.05) is 0 Å². The predicted molar refractivity (Wildman–Crippen MR) is 56.9 cm³/mol. The van der Waals surface area contributed by atoms with Crippen LogP contribution in [-0.2, 0) is 0 Å². The Balaban J connectivity index is 2.42. The molecule has 64 valence electrons. The second-order valence-electron chi connectivity index (χ2n) is 2.87. The van der Waals surface area contributed by atoms with Crippen molar-refractivity contribution in [3.63, 3.8) is 0 Å². The summed E-state index contributed by atoms with van der Waals surface area (Å²) in [5.74, 6) is 0. The van der Waals surface area contributed by atoms with Crippen molar-refractivity contribution in [1.82, 2.24) is 0 Å².